The molecule has 0 amide bonds. The van der Waals surface area contributed by atoms with Crippen molar-refractivity contribution >= 4 is 11.6 Å². The van der Waals surface area contributed by atoms with E-state index in [0.717, 1.165) is 0 Å². The third kappa shape index (κ3) is 5.12. The highest BCUT2D eigenvalue weighted by Gasteiger charge is 2.29. The first kappa shape index (κ1) is 17.6. The number of nitrogens with zero attached hydrogens (tertiary/aromatic N) is 2. The van der Waals surface area contributed by atoms with Gasteiger partial charge in [0, 0.05) is 18.8 Å². The Labute approximate surface area is 129 Å². The molecule has 0 aliphatic carbocycles. The Morgan fingerprint density at radius 2 is 1.60 bits per heavy atom. The summed E-state index contributed by atoms with van der Waals surface area (Å²) in [5, 5.41) is 5.03. The minimum atomic E-state index is 0.189. The molecule has 2 nitrogen and oxygen atoms in total. The number of unbranched alkanes of at least 4 members (excludes halogenated alkanes) is 5. The lowest BCUT2D eigenvalue weighted by molar-refractivity contribution is 0.365. The van der Waals surface area contributed by atoms with Crippen molar-refractivity contribution in [2.24, 2.45) is 7.05 Å². The van der Waals surface area contributed by atoms with Crippen LogP contribution in [0.15, 0.2) is 6.20 Å². The maximum Gasteiger partial charge on any atom is 0.154 e. The van der Waals surface area contributed by atoms with Crippen molar-refractivity contribution in [3.05, 3.63) is 16.9 Å². The lowest BCUT2D eigenvalue weighted by Crippen LogP contribution is -2.22. The van der Waals surface area contributed by atoms with Crippen LogP contribution in [-0.2, 0) is 12.5 Å². The van der Waals surface area contributed by atoms with Crippen LogP contribution in [0.25, 0.3) is 0 Å². The number of aromatic nitrogens is 2. The Kier molecular flexibility index (Phi) is 7.65. The Bertz CT molecular complexity index is 386. The van der Waals surface area contributed by atoms with Gasteiger partial charge in [-0.1, -0.05) is 77.3 Å². The zero-order chi connectivity index (χ0) is 15.0. The molecule has 0 radical (unpaired) electrons. The first-order valence-electron chi connectivity index (χ1n) is 8.23. The summed E-state index contributed by atoms with van der Waals surface area (Å²) < 4.78 is 1.85. The van der Waals surface area contributed by atoms with Gasteiger partial charge in [0.1, 0.15) is 0 Å². The van der Waals surface area contributed by atoms with E-state index in [4.69, 9.17) is 11.6 Å². The van der Waals surface area contributed by atoms with Gasteiger partial charge in [-0.2, -0.15) is 5.10 Å². The van der Waals surface area contributed by atoms with E-state index in [1.165, 1.54) is 63.4 Å². The average Bonchev–Trinajstić information content (AvgIpc) is 2.75. The second kappa shape index (κ2) is 8.71. The summed E-state index contributed by atoms with van der Waals surface area (Å²) in [5.41, 5.74) is 1.43. The summed E-state index contributed by atoms with van der Waals surface area (Å²) in [4.78, 5) is 0. The predicted molar refractivity (Wildman–Crippen MR) is 88.5 cm³/mol. The average molecular weight is 299 g/mol. The molecule has 1 unspecified atom stereocenters. The molecule has 0 bridgehead atoms. The van der Waals surface area contributed by atoms with Crippen molar-refractivity contribution in [1.29, 1.82) is 0 Å². The fourth-order valence-corrected chi connectivity index (χ4v) is 3.36. The number of aryl methyl sites for hydroxylation is 1. The van der Waals surface area contributed by atoms with Crippen LogP contribution in [0.4, 0.5) is 0 Å². The quantitative estimate of drug-likeness (QED) is 0.493. The van der Waals surface area contributed by atoms with E-state index < -0.39 is 0 Å². The molecule has 20 heavy (non-hydrogen) atoms. The number of hydrogen-bond acceptors (Lipinski definition) is 1. The summed E-state index contributed by atoms with van der Waals surface area (Å²) in [6, 6.07) is 0. The Balaban J connectivity index is 2.74. The highest BCUT2D eigenvalue weighted by Crippen LogP contribution is 2.38. The lowest BCUT2D eigenvalue weighted by atomic mass is 9.75. The molecule has 0 aliphatic heterocycles. The third-order valence-corrected chi connectivity index (χ3v) is 4.63. The standard InChI is InChI=1S/C17H31ClN2/c1-5-7-9-11-13-17(3,12-10-8-6-2)15-14-20(4)19-16(15)18/h14H,5-13H2,1-4H3. The van der Waals surface area contributed by atoms with Crippen LogP contribution in [0, 0.1) is 0 Å². The van der Waals surface area contributed by atoms with Crippen molar-refractivity contribution in [3.8, 4) is 0 Å². The summed E-state index contributed by atoms with van der Waals surface area (Å²) >= 11 is 6.35. The van der Waals surface area contributed by atoms with Crippen LogP contribution in [0.2, 0.25) is 5.15 Å². The molecule has 0 fully saturated rings. The molecule has 0 aliphatic rings. The zero-order valence-corrected chi connectivity index (χ0v) is 14.5. The normalized spacial score (nSPS) is 14.4. The van der Waals surface area contributed by atoms with Crippen LogP contribution >= 0.6 is 11.6 Å². The van der Waals surface area contributed by atoms with Gasteiger partial charge in [-0.05, 0) is 18.3 Å². The second-order valence-electron chi connectivity index (χ2n) is 6.34. The van der Waals surface area contributed by atoms with Crippen molar-refractivity contribution < 1.29 is 0 Å². The summed E-state index contributed by atoms with van der Waals surface area (Å²) in [6.45, 7) is 6.89. The van der Waals surface area contributed by atoms with Gasteiger partial charge in [-0.25, -0.2) is 0 Å². The molecule has 1 atom stereocenters. The van der Waals surface area contributed by atoms with E-state index in [2.05, 4.69) is 32.1 Å². The van der Waals surface area contributed by atoms with Crippen molar-refractivity contribution in [1.82, 2.24) is 9.78 Å². The van der Waals surface area contributed by atoms with Gasteiger partial charge in [-0.3, -0.25) is 4.68 Å². The first-order valence-corrected chi connectivity index (χ1v) is 8.61. The van der Waals surface area contributed by atoms with Crippen LogP contribution < -0.4 is 0 Å². The molecule has 0 saturated heterocycles. The topological polar surface area (TPSA) is 17.8 Å². The molecule has 3 heteroatoms. The highest BCUT2D eigenvalue weighted by atomic mass is 35.5. The number of halogens is 1. The smallest absolute Gasteiger partial charge is 0.154 e. The zero-order valence-electron chi connectivity index (χ0n) is 13.7. The minimum absolute atomic E-state index is 0.189. The van der Waals surface area contributed by atoms with E-state index >= 15 is 0 Å². The molecule has 0 aromatic carbocycles. The Morgan fingerprint density at radius 3 is 2.10 bits per heavy atom. The molecule has 0 N–H and O–H groups in total. The van der Waals surface area contributed by atoms with E-state index in [1.54, 1.807) is 0 Å². The van der Waals surface area contributed by atoms with Gasteiger partial charge < -0.3 is 0 Å². The van der Waals surface area contributed by atoms with Gasteiger partial charge in [-0.15, -0.1) is 0 Å². The maximum absolute atomic E-state index is 6.35. The molecule has 116 valence electrons. The monoisotopic (exact) mass is 298 g/mol. The predicted octanol–water partition coefficient (Wildman–Crippen LogP) is 5.88. The van der Waals surface area contributed by atoms with E-state index in [0.29, 0.717) is 5.15 Å². The molecule has 1 aromatic heterocycles. The van der Waals surface area contributed by atoms with Crippen molar-refractivity contribution in [2.75, 3.05) is 0 Å². The van der Waals surface area contributed by atoms with Gasteiger partial charge in [0.15, 0.2) is 5.15 Å². The number of rotatable bonds is 10. The first-order chi connectivity index (χ1) is 9.53. The largest absolute Gasteiger partial charge is 0.274 e. The van der Waals surface area contributed by atoms with E-state index in [9.17, 15) is 0 Å². The van der Waals surface area contributed by atoms with Crippen LogP contribution in [0.5, 0.6) is 0 Å². The molecular weight excluding hydrogens is 268 g/mol. The molecule has 1 heterocycles. The minimum Gasteiger partial charge on any atom is -0.274 e. The van der Waals surface area contributed by atoms with Crippen LogP contribution in [0.3, 0.4) is 0 Å². The summed E-state index contributed by atoms with van der Waals surface area (Å²) in [6.07, 6.45) is 13.7. The van der Waals surface area contributed by atoms with E-state index in [-0.39, 0.29) is 5.41 Å². The molecule has 0 spiro atoms. The third-order valence-electron chi connectivity index (χ3n) is 4.35. The van der Waals surface area contributed by atoms with Gasteiger partial charge in [0.25, 0.3) is 0 Å². The number of hydrogen-bond donors (Lipinski definition) is 0. The van der Waals surface area contributed by atoms with Crippen LogP contribution in [-0.4, -0.2) is 9.78 Å². The van der Waals surface area contributed by atoms with Crippen molar-refractivity contribution in [2.45, 2.75) is 84.0 Å². The molecule has 1 aromatic rings. The second-order valence-corrected chi connectivity index (χ2v) is 6.69. The summed E-state index contributed by atoms with van der Waals surface area (Å²) in [5.74, 6) is 0. The fraction of sp³-hybridized carbons (Fsp3) is 0.824. The summed E-state index contributed by atoms with van der Waals surface area (Å²) in [7, 11) is 1.96. The fourth-order valence-electron chi connectivity index (χ4n) is 2.97. The molecule has 0 saturated carbocycles. The maximum atomic E-state index is 6.35. The lowest BCUT2D eigenvalue weighted by Gasteiger charge is -2.29. The van der Waals surface area contributed by atoms with Gasteiger partial charge in [0.05, 0.1) is 0 Å². The Hall–Kier alpha value is -0.500. The molecular formula is C17H31ClN2. The van der Waals surface area contributed by atoms with Crippen LogP contribution in [0.1, 0.15) is 84.1 Å². The van der Waals surface area contributed by atoms with E-state index in [1.807, 2.05) is 11.7 Å². The molecule has 1 rings (SSSR count). The Morgan fingerprint density at radius 1 is 1.05 bits per heavy atom. The van der Waals surface area contributed by atoms with Gasteiger partial charge in [0.2, 0.25) is 0 Å². The SMILES string of the molecule is CCCCCCC(C)(CCCCC)c1cn(C)nc1Cl. The van der Waals surface area contributed by atoms with Gasteiger partial charge >= 0.3 is 0 Å². The highest BCUT2D eigenvalue weighted by molar-refractivity contribution is 6.30. The van der Waals surface area contributed by atoms with Crippen molar-refractivity contribution in [3.63, 3.8) is 0 Å².